The number of fused-ring (bicyclic) bond motifs is 2. The van der Waals surface area contributed by atoms with E-state index in [2.05, 4.69) is 14.9 Å². The number of halogens is 1. The smallest absolute Gasteiger partial charge is 0.179 e. The summed E-state index contributed by atoms with van der Waals surface area (Å²) in [5.74, 6) is 2.25. The van der Waals surface area contributed by atoms with Gasteiger partial charge in [-0.1, -0.05) is 11.6 Å². The SMILES string of the molecule is Cc1ncc2c(n1)CN(Cc1cc(Cl)c3c(c1)OCCCO3)CC2. The number of benzene rings is 1. The lowest BCUT2D eigenvalue weighted by Crippen LogP contribution is -2.31. The van der Waals surface area contributed by atoms with Crippen molar-refractivity contribution in [2.24, 2.45) is 0 Å². The van der Waals surface area contributed by atoms with Crippen molar-refractivity contribution < 1.29 is 9.47 Å². The zero-order valence-electron chi connectivity index (χ0n) is 13.7. The van der Waals surface area contributed by atoms with Crippen LogP contribution in [0.25, 0.3) is 0 Å². The molecule has 4 rings (SSSR count). The van der Waals surface area contributed by atoms with Crippen LogP contribution in [0.15, 0.2) is 18.3 Å². The fourth-order valence-electron chi connectivity index (χ4n) is 3.23. The van der Waals surface area contributed by atoms with Crippen molar-refractivity contribution in [1.82, 2.24) is 14.9 Å². The minimum atomic E-state index is 0.625. The van der Waals surface area contributed by atoms with Gasteiger partial charge >= 0.3 is 0 Å². The first-order valence-electron chi connectivity index (χ1n) is 8.31. The molecule has 0 radical (unpaired) electrons. The molecule has 0 unspecified atom stereocenters. The summed E-state index contributed by atoms with van der Waals surface area (Å²) >= 11 is 6.40. The molecule has 24 heavy (non-hydrogen) atoms. The number of nitrogens with zero attached hydrogens (tertiary/aromatic N) is 3. The Morgan fingerprint density at radius 1 is 1.25 bits per heavy atom. The second-order valence-corrected chi connectivity index (χ2v) is 6.71. The van der Waals surface area contributed by atoms with Gasteiger partial charge in [-0.15, -0.1) is 0 Å². The van der Waals surface area contributed by atoms with Crippen LogP contribution in [0.4, 0.5) is 0 Å². The van der Waals surface area contributed by atoms with Crippen molar-refractivity contribution >= 4 is 11.6 Å². The molecule has 2 aromatic rings. The van der Waals surface area contributed by atoms with E-state index in [0.29, 0.717) is 24.0 Å². The molecule has 1 aromatic carbocycles. The maximum atomic E-state index is 6.40. The predicted octanol–water partition coefficient (Wildman–Crippen LogP) is 3.16. The molecule has 126 valence electrons. The van der Waals surface area contributed by atoms with Crippen LogP contribution in [0, 0.1) is 6.92 Å². The Morgan fingerprint density at radius 3 is 3.04 bits per heavy atom. The molecular weight excluding hydrogens is 326 g/mol. The Balaban J connectivity index is 1.54. The summed E-state index contributed by atoms with van der Waals surface area (Å²) < 4.78 is 11.5. The lowest BCUT2D eigenvalue weighted by atomic mass is 10.1. The molecule has 6 heteroatoms. The van der Waals surface area contributed by atoms with E-state index >= 15 is 0 Å². The highest BCUT2D eigenvalue weighted by atomic mass is 35.5. The molecule has 0 bridgehead atoms. The summed E-state index contributed by atoms with van der Waals surface area (Å²) in [4.78, 5) is 11.3. The Bertz CT molecular complexity index is 766. The third-order valence-corrected chi connectivity index (χ3v) is 4.69. The summed E-state index contributed by atoms with van der Waals surface area (Å²) in [7, 11) is 0. The molecule has 1 aromatic heterocycles. The zero-order valence-corrected chi connectivity index (χ0v) is 14.5. The average Bonchev–Trinajstić information content (AvgIpc) is 2.80. The van der Waals surface area contributed by atoms with Crippen molar-refractivity contribution in [3.05, 3.63) is 46.0 Å². The highest BCUT2D eigenvalue weighted by Gasteiger charge is 2.20. The Morgan fingerprint density at radius 2 is 2.12 bits per heavy atom. The molecule has 0 fully saturated rings. The quantitative estimate of drug-likeness (QED) is 0.836. The Kier molecular flexibility index (Phi) is 4.29. The first kappa shape index (κ1) is 15.7. The van der Waals surface area contributed by atoms with Crippen molar-refractivity contribution in [1.29, 1.82) is 0 Å². The van der Waals surface area contributed by atoms with Crippen molar-refractivity contribution in [3.63, 3.8) is 0 Å². The summed E-state index contributed by atoms with van der Waals surface area (Å²) in [6.07, 6.45) is 3.82. The lowest BCUT2D eigenvalue weighted by molar-refractivity contribution is 0.240. The van der Waals surface area contributed by atoms with Crippen LogP contribution in [0.5, 0.6) is 11.5 Å². The van der Waals surface area contributed by atoms with Gasteiger partial charge in [0.15, 0.2) is 11.5 Å². The van der Waals surface area contributed by atoms with E-state index in [-0.39, 0.29) is 0 Å². The van der Waals surface area contributed by atoms with Crippen LogP contribution in [0.1, 0.15) is 29.1 Å². The van der Waals surface area contributed by atoms with E-state index in [1.54, 1.807) is 0 Å². The van der Waals surface area contributed by atoms with Gasteiger partial charge in [0.2, 0.25) is 0 Å². The normalized spacial score (nSPS) is 17.2. The van der Waals surface area contributed by atoms with Crippen LogP contribution in [0.3, 0.4) is 0 Å². The number of aryl methyl sites for hydroxylation is 1. The van der Waals surface area contributed by atoms with Gasteiger partial charge in [0.25, 0.3) is 0 Å². The summed E-state index contributed by atoms with van der Waals surface area (Å²) in [6, 6.07) is 4.03. The number of rotatable bonds is 2. The molecule has 5 nitrogen and oxygen atoms in total. The summed E-state index contributed by atoms with van der Waals surface area (Å²) in [6.45, 7) is 5.89. The standard InChI is InChI=1S/C18H20ClN3O2/c1-12-20-9-14-3-4-22(11-16(14)21-12)10-13-7-15(19)18-17(8-13)23-5-2-6-24-18/h7-9H,2-6,10-11H2,1H3. The Labute approximate surface area is 146 Å². The van der Waals surface area contributed by atoms with Crippen molar-refractivity contribution in [2.45, 2.75) is 32.9 Å². The molecule has 2 aliphatic heterocycles. The van der Waals surface area contributed by atoms with Crippen LogP contribution in [-0.4, -0.2) is 34.6 Å². The van der Waals surface area contributed by atoms with Crippen molar-refractivity contribution in [2.75, 3.05) is 19.8 Å². The predicted molar refractivity (Wildman–Crippen MR) is 91.6 cm³/mol. The van der Waals surface area contributed by atoms with Crippen LogP contribution in [0.2, 0.25) is 5.02 Å². The molecule has 3 heterocycles. The molecule has 0 spiro atoms. The third kappa shape index (κ3) is 3.19. The van der Waals surface area contributed by atoms with Gasteiger partial charge < -0.3 is 9.47 Å². The molecule has 0 saturated heterocycles. The van der Waals surface area contributed by atoms with E-state index in [1.807, 2.05) is 25.3 Å². The molecule has 0 amide bonds. The monoisotopic (exact) mass is 345 g/mol. The number of ether oxygens (including phenoxy) is 2. The van der Waals surface area contributed by atoms with Gasteiger partial charge in [0.1, 0.15) is 5.82 Å². The first-order valence-corrected chi connectivity index (χ1v) is 8.68. The van der Waals surface area contributed by atoms with Gasteiger partial charge in [-0.3, -0.25) is 4.90 Å². The fourth-order valence-corrected chi connectivity index (χ4v) is 3.51. The summed E-state index contributed by atoms with van der Waals surface area (Å²) in [5.41, 5.74) is 3.53. The molecule has 0 saturated carbocycles. The van der Waals surface area contributed by atoms with E-state index in [1.165, 1.54) is 5.56 Å². The molecule has 0 N–H and O–H groups in total. The number of hydrogen-bond donors (Lipinski definition) is 0. The number of aromatic nitrogens is 2. The average molecular weight is 346 g/mol. The first-order chi connectivity index (χ1) is 11.7. The summed E-state index contributed by atoms with van der Waals surface area (Å²) in [5, 5.41) is 0.625. The molecule has 0 atom stereocenters. The van der Waals surface area contributed by atoms with Crippen LogP contribution >= 0.6 is 11.6 Å². The second-order valence-electron chi connectivity index (χ2n) is 6.31. The van der Waals surface area contributed by atoms with E-state index in [0.717, 1.165) is 55.3 Å². The third-order valence-electron chi connectivity index (χ3n) is 4.41. The molecule has 0 aliphatic carbocycles. The topological polar surface area (TPSA) is 47.5 Å². The van der Waals surface area contributed by atoms with Crippen LogP contribution in [-0.2, 0) is 19.5 Å². The van der Waals surface area contributed by atoms with Gasteiger partial charge in [0.05, 0.1) is 23.9 Å². The Hall–Kier alpha value is -1.85. The maximum Gasteiger partial charge on any atom is 0.179 e. The fraction of sp³-hybridized carbons (Fsp3) is 0.444. The highest BCUT2D eigenvalue weighted by molar-refractivity contribution is 6.32. The number of hydrogen-bond acceptors (Lipinski definition) is 5. The van der Waals surface area contributed by atoms with Gasteiger partial charge in [-0.25, -0.2) is 9.97 Å². The van der Waals surface area contributed by atoms with E-state index in [9.17, 15) is 0 Å². The molecular formula is C18H20ClN3O2. The van der Waals surface area contributed by atoms with Crippen molar-refractivity contribution in [3.8, 4) is 11.5 Å². The van der Waals surface area contributed by atoms with Crippen LogP contribution < -0.4 is 9.47 Å². The minimum Gasteiger partial charge on any atom is -0.489 e. The zero-order chi connectivity index (χ0) is 16.5. The molecule has 2 aliphatic rings. The van der Waals surface area contributed by atoms with Gasteiger partial charge in [-0.2, -0.15) is 0 Å². The van der Waals surface area contributed by atoms with Gasteiger partial charge in [0, 0.05) is 32.3 Å². The maximum absolute atomic E-state index is 6.40. The second kappa shape index (κ2) is 6.57. The minimum absolute atomic E-state index is 0.625. The largest absolute Gasteiger partial charge is 0.489 e. The lowest BCUT2D eigenvalue weighted by Gasteiger charge is -2.28. The van der Waals surface area contributed by atoms with Gasteiger partial charge in [-0.05, 0) is 36.6 Å². The van der Waals surface area contributed by atoms with E-state index < -0.39 is 0 Å². The van der Waals surface area contributed by atoms with E-state index in [4.69, 9.17) is 21.1 Å². The highest BCUT2D eigenvalue weighted by Crippen LogP contribution is 2.38.